The summed E-state index contributed by atoms with van der Waals surface area (Å²) in [6.45, 7) is 0. The third kappa shape index (κ3) is 3.06. The number of carboxylic acid groups (broad SMARTS) is 1. The van der Waals surface area contributed by atoms with Gasteiger partial charge in [0.25, 0.3) is 0 Å². The van der Waals surface area contributed by atoms with Crippen molar-refractivity contribution in [2.45, 2.75) is 24.4 Å². The van der Waals surface area contributed by atoms with E-state index in [0.29, 0.717) is 0 Å². The van der Waals surface area contributed by atoms with Crippen molar-refractivity contribution in [3.05, 3.63) is 0 Å². The SMILES string of the molecule is O=C(O)CC(C(=O)S)C(F)(F)C(F)(F)C(F)(F)F. The van der Waals surface area contributed by atoms with Crippen LogP contribution in [0.1, 0.15) is 6.42 Å². The molecule has 18 heavy (non-hydrogen) atoms. The van der Waals surface area contributed by atoms with Crippen LogP contribution in [-0.4, -0.2) is 34.2 Å². The molecule has 106 valence electrons. The summed E-state index contributed by atoms with van der Waals surface area (Å²) in [5, 5.41) is 6.04. The molecule has 1 N–H and O–H groups in total. The van der Waals surface area contributed by atoms with Gasteiger partial charge in [-0.3, -0.25) is 9.59 Å². The molecular formula is C7H5F7O3S. The monoisotopic (exact) mass is 302 g/mol. The normalized spacial score (nSPS) is 15.3. The Labute approximate surface area is 100 Å². The van der Waals surface area contributed by atoms with Crippen molar-refractivity contribution in [1.29, 1.82) is 0 Å². The molecular weight excluding hydrogens is 297 g/mol. The van der Waals surface area contributed by atoms with Gasteiger partial charge in [-0.25, -0.2) is 0 Å². The van der Waals surface area contributed by atoms with Crippen LogP contribution in [0.2, 0.25) is 0 Å². The molecule has 1 atom stereocenters. The van der Waals surface area contributed by atoms with Crippen LogP contribution >= 0.6 is 12.6 Å². The van der Waals surface area contributed by atoms with Gasteiger partial charge < -0.3 is 5.11 Å². The van der Waals surface area contributed by atoms with Crippen LogP contribution in [0.4, 0.5) is 30.7 Å². The van der Waals surface area contributed by atoms with Gasteiger partial charge in [0, 0.05) is 0 Å². The zero-order valence-corrected chi connectivity index (χ0v) is 9.04. The summed E-state index contributed by atoms with van der Waals surface area (Å²) in [7, 11) is 0. The molecule has 0 aromatic heterocycles. The number of carbonyl (C=O) groups excluding carboxylic acids is 1. The summed E-state index contributed by atoms with van der Waals surface area (Å²) in [5.74, 6) is -18.0. The molecule has 0 aromatic rings. The van der Waals surface area contributed by atoms with E-state index in [4.69, 9.17) is 5.11 Å². The van der Waals surface area contributed by atoms with Crippen LogP contribution in [0, 0.1) is 5.92 Å². The Kier molecular flexibility index (Phi) is 4.66. The van der Waals surface area contributed by atoms with Crippen LogP contribution in [-0.2, 0) is 9.59 Å². The highest BCUT2D eigenvalue weighted by molar-refractivity contribution is 7.96. The van der Waals surface area contributed by atoms with Gasteiger partial charge in [-0.15, -0.1) is 12.6 Å². The first-order valence-corrected chi connectivity index (χ1v) is 4.46. The van der Waals surface area contributed by atoms with E-state index in [1.165, 1.54) is 0 Å². The Bertz CT molecular complexity index is 351. The predicted octanol–water partition coefficient (Wildman–Crippen LogP) is 2.37. The Morgan fingerprint density at radius 2 is 1.44 bits per heavy atom. The number of rotatable bonds is 5. The second kappa shape index (κ2) is 4.94. The smallest absolute Gasteiger partial charge is 0.459 e. The van der Waals surface area contributed by atoms with E-state index in [1.54, 1.807) is 0 Å². The number of alkyl halides is 7. The first-order chi connectivity index (χ1) is 7.75. The van der Waals surface area contributed by atoms with Gasteiger partial charge >= 0.3 is 24.0 Å². The number of hydrogen-bond donors (Lipinski definition) is 2. The van der Waals surface area contributed by atoms with Crippen molar-refractivity contribution in [2.75, 3.05) is 0 Å². The van der Waals surface area contributed by atoms with Crippen molar-refractivity contribution in [2.24, 2.45) is 5.92 Å². The van der Waals surface area contributed by atoms with E-state index in [1.807, 2.05) is 0 Å². The summed E-state index contributed by atoms with van der Waals surface area (Å²) in [6.07, 6.45) is -8.53. The maximum Gasteiger partial charge on any atom is 0.459 e. The van der Waals surface area contributed by atoms with Crippen LogP contribution < -0.4 is 0 Å². The minimum Gasteiger partial charge on any atom is -0.481 e. The molecule has 3 nitrogen and oxygen atoms in total. The lowest BCUT2D eigenvalue weighted by Gasteiger charge is -2.31. The van der Waals surface area contributed by atoms with Gasteiger partial charge in [0.1, 0.15) is 5.92 Å². The number of hydrogen-bond acceptors (Lipinski definition) is 2. The fourth-order valence-electron chi connectivity index (χ4n) is 0.953. The summed E-state index contributed by atoms with van der Waals surface area (Å²) >= 11 is 2.71. The lowest BCUT2D eigenvalue weighted by molar-refractivity contribution is -0.362. The molecule has 0 aliphatic rings. The molecule has 0 saturated carbocycles. The average Bonchev–Trinajstić information content (AvgIpc) is 2.10. The van der Waals surface area contributed by atoms with Crippen molar-refractivity contribution in [3.63, 3.8) is 0 Å². The zero-order chi connectivity index (χ0) is 14.9. The standard InChI is InChI=1S/C7H5F7O3S/c8-5(9,6(10,11)7(12,13)14)2(4(17)18)1-3(15)16/h2H,1H2,(H,15,16)(H,17,18). The maximum atomic E-state index is 13.0. The van der Waals surface area contributed by atoms with Crippen LogP contribution in [0.25, 0.3) is 0 Å². The van der Waals surface area contributed by atoms with Gasteiger partial charge in [-0.1, -0.05) is 0 Å². The second-order valence-electron chi connectivity index (χ2n) is 3.18. The third-order valence-corrected chi connectivity index (χ3v) is 2.20. The van der Waals surface area contributed by atoms with E-state index < -0.39 is 41.4 Å². The van der Waals surface area contributed by atoms with Crippen molar-refractivity contribution < 1.29 is 45.4 Å². The minimum atomic E-state index is -6.63. The summed E-state index contributed by atoms with van der Waals surface area (Å²) in [4.78, 5) is 20.6. The molecule has 11 heteroatoms. The molecule has 0 fully saturated rings. The van der Waals surface area contributed by atoms with Crippen LogP contribution in [0.5, 0.6) is 0 Å². The van der Waals surface area contributed by atoms with Gasteiger partial charge in [0.05, 0.1) is 6.42 Å². The molecule has 0 aliphatic carbocycles. The molecule has 0 radical (unpaired) electrons. The number of carboxylic acids is 1. The Morgan fingerprint density at radius 1 is 1.06 bits per heavy atom. The molecule has 0 amide bonds. The number of halogens is 7. The van der Waals surface area contributed by atoms with E-state index in [9.17, 15) is 40.3 Å². The lowest BCUT2D eigenvalue weighted by atomic mass is 9.93. The second-order valence-corrected chi connectivity index (χ2v) is 3.62. The molecule has 0 saturated heterocycles. The van der Waals surface area contributed by atoms with E-state index in [-0.39, 0.29) is 0 Å². The highest BCUT2D eigenvalue weighted by Crippen LogP contribution is 2.51. The number of thiol groups is 1. The van der Waals surface area contributed by atoms with Gasteiger partial charge in [0.2, 0.25) is 0 Å². The summed E-state index contributed by atoms with van der Waals surface area (Å²) in [5.41, 5.74) is 0. The maximum absolute atomic E-state index is 13.0. The molecule has 0 aromatic carbocycles. The topological polar surface area (TPSA) is 54.4 Å². The fourth-order valence-corrected chi connectivity index (χ4v) is 1.21. The lowest BCUT2D eigenvalue weighted by Crippen LogP contribution is -2.57. The highest BCUT2D eigenvalue weighted by atomic mass is 32.1. The van der Waals surface area contributed by atoms with Crippen molar-refractivity contribution in [3.8, 4) is 0 Å². The fraction of sp³-hybridized carbons (Fsp3) is 0.714. The van der Waals surface area contributed by atoms with E-state index in [0.717, 1.165) is 0 Å². The number of aliphatic carboxylic acids is 1. The number of carbonyl (C=O) groups is 2. The van der Waals surface area contributed by atoms with Gasteiger partial charge in [0.15, 0.2) is 5.12 Å². The summed E-state index contributed by atoms with van der Waals surface area (Å²) < 4.78 is 86.3. The Hall–Kier alpha value is -1.00. The van der Waals surface area contributed by atoms with Gasteiger partial charge in [-0.05, 0) is 0 Å². The van der Waals surface area contributed by atoms with Crippen LogP contribution in [0.15, 0.2) is 0 Å². The Balaban J connectivity index is 5.56. The van der Waals surface area contributed by atoms with Crippen molar-refractivity contribution >= 4 is 23.7 Å². The highest BCUT2D eigenvalue weighted by Gasteiger charge is 2.76. The first kappa shape index (κ1) is 17.0. The predicted molar refractivity (Wildman–Crippen MR) is 45.7 cm³/mol. The molecule has 1 unspecified atom stereocenters. The first-order valence-electron chi connectivity index (χ1n) is 4.02. The zero-order valence-electron chi connectivity index (χ0n) is 8.14. The third-order valence-electron chi connectivity index (χ3n) is 1.89. The molecule has 0 bridgehead atoms. The van der Waals surface area contributed by atoms with E-state index >= 15 is 0 Å². The molecule has 0 heterocycles. The van der Waals surface area contributed by atoms with Crippen molar-refractivity contribution in [1.82, 2.24) is 0 Å². The average molecular weight is 302 g/mol. The minimum absolute atomic E-state index is 1.90. The van der Waals surface area contributed by atoms with Crippen LogP contribution in [0.3, 0.4) is 0 Å². The Morgan fingerprint density at radius 3 is 1.67 bits per heavy atom. The summed E-state index contributed by atoms with van der Waals surface area (Å²) in [6, 6.07) is 0. The van der Waals surface area contributed by atoms with E-state index in [2.05, 4.69) is 12.6 Å². The van der Waals surface area contributed by atoms with Gasteiger partial charge in [-0.2, -0.15) is 30.7 Å². The molecule has 0 spiro atoms. The quantitative estimate of drug-likeness (QED) is 0.605. The molecule has 0 rings (SSSR count). The largest absolute Gasteiger partial charge is 0.481 e. The molecule has 0 aliphatic heterocycles.